The van der Waals surface area contributed by atoms with E-state index < -0.39 is 0 Å². The summed E-state index contributed by atoms with van der Waals surface area (Å²) in [5.41, 5.74) is 3.17. The molecular formula is C25H34N2O3. The Morgan fingerprint density at radius 1 is 1.00 bits per heavy atom. The van der Waals surface area contributed by atoms with Crippen LogP contribution in [0.1, 0.15) is 69.0 Å². The van der Waals surface area contributed by atoms with Crippen LogP contribution in [0.15, 0.2) is 36.5 Å². The first kappa shape index (κ1) is 20.8. The summed E-state index contributed by atoms with van der Waals surface area (Å²) in [4.78, 5) is 14.3. The van der Waals surface area contributed by atoms with E-state index >= 15 is 0 Å². The van der Waals surface area contributed by atoms with Crippen molar-refractivity contribution in [3.63, 3.8) is 0 Å². The summed E-state index contributed by atoms with van der Waals surface area (Å²) in [5.74, 6) is 0.931. The van der Waals surface area contributed by atoms with Crippen molar-refractivity contribution in [3.8, 4) is 11.4 Å². The Labute approximate surface area is 180 Å². The van der Waals surface area contributed by atoms with E-state index in [2.05, 4.69) is 29.7 Å². The molecule has 0 spiro atoms. The average Bonchev–Trinajstić information content (AvgIpc) is 3.43. The first-order valence-corrected chi connectivity index (χ1v) is 11.5. The Kier molecular flexibility index (Phi) is 6.66. The minimum atomic E-state index is -0.231. The van der Waals surface area contributed by atoms with Crippen molar-refractivity contribution >= 4 is 6.09 Å². The zero-order chi connectivity index (χ0) is 20.9. The molecule has 2 aliphatic rings. The molecule has 2 aliphatic carbocycles. The van der Waals surface area contributed by atoms with Crippen LogP contribution in [0.4, 0.5) is 4.79 Å². The standard InChI is InChI=1S/C25H34N2O3/c1-19-16-17-27(24(19)18-29-25(28)26(2)20-8-6-7-9-20)21-12-14-23(15-13-21)30-22-10-4-3-5-11-22/h12-17,20,22H,3-11,18H2,1-2H3. The topological polar surface area (TPSA) is 43.7 Å². The highest BCUT2D eigenvalue weighted by molar-refractivity contribution is 5.67. The molecule has 30 heavy (non-hydrogen) atoms. The molecule has 5 nitrogen and oxygen atoms in total. The van der Waals surface area contributed by atoms with Crippen LogP contribution in [-0.4, -0.2) is 34.8 Å². The minimum absolute atomic E-state index is 0.231. The zero-order valence-electron chi connectivity index (χ0n) is 18.3. The van der Waals surface area contributed by atoms with Gasteiger partial charge in [-0.1, -0.05) is 19.3 Å². The van der Waals surface area contributed by atoms with Gasteiger partial charge in [0.15, 0.2) is 0 Å². The third-order valence-corrected chi connectivity index (χ3v) is 6.68. The van der Waals surface area contributed by atoms with E-state index in [0.29, 0.717) is 12.1 Å². The molecule has 2 fully saturated rings. The third kappa shape index (κ3) is 4.82. The van der Waals surface area contributed by atoms with Crippen molar-refractivity contribution in [3.05, 3.63) is 47.8 Å². The van der Waals surface area contributed by atoms with Crippen molar-refractivity contribution < 1.29 is 14.3 Å². The number of carbonyl (C=O) groups excluding carboxylic acids is 1. The van der Waals surface area contributed by atoms with Gasteiger partial charge in [0.05, 0.1) is 11.8 Å². The van der Waals surface area contributed by atoms with Crippen LogP contribution in [0.5, 0.6) is 5.75 Å². The SMILES string of the molecule is Cc1ccn(-c2ccc(OC3CCCCC3)cc2)c1COC(=O)N(C)C1CCCC1. The first-order valence-electron chi connectivity index (χ1n) is 11.5. The number of benzene rings is 1. The molecule has 0 aliphatic heterocycles. The average molecular weight is 411 g/mol. The van der Waals surface area contributed by atoms with Gasteiger partial charge in [-0.05, 0) is 81.3 Å². The molecule has 0 N–H and O–H groups in total. The van der Waals surface area contributed by atoms with Crippen LogP contribution < -0.4 is 4.74 Å². The van der Waals surface area contributed by atoms with E-state index in [1.54, 1.807) is 4.90 Å². The first-order chi connectivity index (χ1) is 14.6. The molecular weight excluding hydrogens is 376 g/mol. The van der Waals surface area contributed by atoms with Crippen LogP contribution in [0.3, 0.4) is 0 Å². The minimum Gasteiger partial charge on any atom is -0.490 e. The maximum atomic E-state index is 12.5. The largest absolute Gasteiger partial charge is 0.490 e. The van der Waals surface area contributed by atoms with E-state index in [0.717, 1.165) is 48.4 Å². The van der Waals surface area contributed by atoms with E-state index in [9.17, 15) is 4.79 Å². The highest BCUT2D eigenvalue weighted by Gasteiger charge is 2.24. The maximum absolute atomic E-state index is 12.5. The second-order valence-electron chi connectivity index (χ2n) is 8.79. The predicted molar refractivity (Wildman–Crippen MR) is 118 cm³/mol. The molecule has 1 heterocycles. The molecule has 1 aromatic heterocycles. The fourth-order valence-electron chi connectivity index (χ4n) is 4.72. The highest BCUT2D eigenvalue weighted by atomic mass is 16.6. The van der Waals surface area contributed by atoms with Crippen LogP contribution in [-0.2, 0) is 11.3 Å². The predicted octanol–water partition coefficient (Wildman–Crippen LogP) is 6.01. The van der Waals surface area contributed by atoms with Crippen LogP contribution in [0.2, 0.25) is 0 Å². The molecule has 1 aromatic carbocycles. The number of ether oxygens (including phenoxy) is 2. The summed E-state index contributed by atoms with van der Waals surface area (Å²) in [6, 6.07) is 10.6. The number of hydrogen-bond donors (Lipinski definition) is 0. The summed E-state index contributed by atoms with van der Waals surface area (Å²) >= 11 is 0. The molecule has 0 radical (unpaired) electrons. The smallest absolute Gasteiger partial charge is 0.410 e. The molecule has 0 bridgehead atoms. The quantitative estimate of drug-likeness (QED) is 0.586. The normalized spacial score (nSPS) is 17.8. The van der Waals surface area contributed by atoms with Gasteiger partial charge in [0.2, 0.25) is 0 Å². The summed E-state index contributed by atoms with van der Waals surface area (Å²) in [5, 5.41) is 0. The van der Waals surface area contributed by atoms with E-state index in [1.807, 2.05) is 25.4 Å². The van der Waals surface area contributed by atoms with Crippen molar-refractivity contribution in [2.45, 2.75) is 83.5 Å². The summed E-state index contributed by atoms with van der Waals surface area (Å²) in [6.45, 7) is 2.33. The lowest BCUT2D eigenvalue weighted by Gasteiger charge is -2.24. The Hall–Kier alpha value is -2.43. The fourth-order valence-corrected chi connectivity index (χ4v) is 4.72. The van der Waals surface area contributed by atoms with Crippen molar-refractivity contribution in [2.24, 2.45) is 0 Å². The lowest BCUT2D eigenvalue weighted by molar-refractivity contribution is 0.0902. The number of aromatic nitrogens is 1. The van der Waals surface area contributed by atoms with Crippen LogP contribution in [0, 0.1) is 6.92 Å². The highest BCUT2D eigenvalue weighted by Crippen LogP contribution is 2.26. The molecule has 0 atom stereocenters. The van der Waals surface area contributed by atoms with Gasteiger partial charge >= 0.3 is 6.09 Å². The third-order valence-electron chi connectivity index (χ3n) is 6.68. The van der Waals surface area contributed by atoms with E-state index in [-0.39, 0.29) is 12.7 Å². The van der Waals surface area contributed by atoms with Gasteiger partial charge in [0.1, 0.15) is 12.4 Å². The molecule has 162 valence electrons. The summed E-state index contributed by atoms with van der Waals surface area (Å²) < 4.78 is 13.9. The molecule has 0 saturated heterocycles. The van der Waals surface area contributed by atoms with Gasteiger partial charge in [-0.25, -0.2) is 4.79 Å². The van der Waals surface area contributed by atoms with Gasteiger partial charge in [0, 0.05) is 25.0 Å². The number of nitrogens with zero attached hydrogens (tertiary/aromatic N) is 2. The molecule has 1 amide bonds. The Balaban J connectivity index is 1.39. The summed E-state index contributed by atoms with van der Waals surface area (Å²) in [7, 11) is 1.86. The molecule has 2 saturated carbocycles. The van der Waals surface area contributed by atoms with Crippen molar-refractivity contribution in [1.82, 2.24) is 9.47 Å². The molecule has 0 unspecified atom stereocenters. The van der Waals surface area contributed by atoms with Gasteiger partial charge in [-0.2, -0.15) is 0 Å². The number of hydrogen-bond acceptors (Lipinski definition) is 3. The monoisotopic (exact) mass is 410 g/mol. The summed E-state index contributed by atoms with van der Waals surface area (Å²) in [6.07, 6.45) is 12.9. The number of carbonyl (C=O) groups is 1. The van der Waals surface area contributed by atoms with Crippen LogP contribution in [0.25, 0.3) is 5.69 Å². The number of amides is 1. The molecule has 2 aromatic rings. The zero-order valence-corrected chi connectivity index (χ0v) is 18.3. The Bertz CT molecular complexity index is 831. The maximum Gasteiger partial charge on any atom is 0.410 e. The van der Waals surface area contributed by atoms with E-state index in [1.165, 1.54) is 32.1 Å². The van der Waals surface area contributed by atoms with Gasteiger partial charge in [0.25, 0.3) is 0 Å². The van der Waals surface area contributed by atoms with E-state index in [4.69, 9.17) is 9.47 Å². The molecule has 5 heteroatoms. The number of aryl methyl sites for hydroxylation is 1. The van der Waals surface area contributed by atoms with Gasteiger partial charge < -0.3 is 18.9 Å². The Morgan fingerprint density at radius 2 is 1.67 bits per heavy atom. The van der Waals surface area contributed by atoms with Crippen LogP contribution >= 0.6 is 0 Å². The van der Waals surface area contributed by atoms with Gasteiger partial charge in [-0.15, -0.1) is 0 Å². The van der Waals surface area contributed by atoms with Crippen molar-refractivity contribution in [1.29, 1.82) is 0 Å². The Morgan fingerprint density at radius 3 is 2.37 bits per heavy atom. The molecule has 4 rings (SSSR count). The second kappa shape index (κ2) is 9.59. The fraction of sp³-hybridized carbons (Fsp3) is 0.560. The second-order valence-corrected chi connectivity index (χ2v) is 8.79. The lowest BCUT2D eigenvalue weighted by atomic mass is 9.98. The lowest BCUT2D eigenvalue weighted by Crippen LogP contribution is -2.35. The van der Waals surface area contributed by atoms with Gasteiger partial charge in [-0.3, -0.25) is 0 Å². The van der Waals surface area contributed by atoms with Crippen molar-refractivity contribution in [2.75, 3.05) is 7.05 Å². The number of rotatable bonds is 6.